The van der Waals surface area contributed by atoms with Crippen molar-refractivity contribution < 1.29 is 13.5 Å². The van der Waals surface area contributed by atoms with E-state index in [4.69, 9.17) is 10.5 Å². The Hall–Kier alpha value is -1.46. The Bertz CT molecular complexity index is 617. The van der Waals surface area contributed by atoms with Gasteiger partial charge in [-0.25, -0.2) is 8.78 Å². The highest BCUT2D eigenvalue weighted by molar-refractivity contribution is 9.10. The first kappa shape index (κ1) is 14.9. The zero-order valence-corrected chi connectivity index (χ0v) is 12.5. The number of benzene rings is 2. The summed E-state index contributed by atoms with van der Waals surface area (Å²) < 4.78 is 33.1. The number of rotatable bonds is 4. The summed E-state index contributed by atoms with van der Waals surface area (Å²) in [5.41, 5.74) is 6.84. The lowest BCUT2D eigenvalue weighted by atomic mass is 10.1. The van der Waals surface area contributed by atoms with E-state index in [1.54, 1.807) is 6.07 Å². The molecule has 5 heteroatoms. The second-order valence-electron chi connectivity index (χ2n) is 4.50. The quantitative estimate of drug-likeness (QED) is 0.898. The van der Waals surface area contributed by atoms with Crippen LogP contribution in [0.25, 0.3) is 0 Å². The topological polar surface area (TPSA) is 35.2 Å². The van der Waals surface area contributed by atoms with Gasteiger partial charge in [-0.1, -0.05) is 15.9 Å². The van der Waals surface area contributed by atoms with Crippen molar-refractivity contribution in [2.45, 2.75) is 19.6 Å². The van der Waals surface area contributed by atoms with Crippen LogP contribution in [-0.2, 0) is 6.61 Å². The van der Waals surface area contributed by atoms with E-state index in [9.17, 15) is 8.78 Å². The van der Waals surface area contributed by atoms with Gasteiger partial charge in [0.05, 0.1) is 0 Å². The minimum atomic E-state index is -0.495. The smallest absolute Gasteiger partial charge is 0.130 e. The summed E-state index contributed by atoms with van der Waals surface area (Å²) in [4.78, 5) is 0. The molecule has 0 spiro atoms. The Kier molecular flexibility index (Phi) is 4.73. The Morgan fingerprint density at radius 1 is 1.20 bits per heavy atom. The average molecular weight is 342 g/mol. The summed E-state index contributed by atoms with van der Waals surface area (Å²) in [6.07, 6.45) is 0. The molecule has 106 valence electrons. The highest BCUT2D eigenvalue weighted by Crippen LogP contribution is 2.28. The molecule has 0 fully saturated rings. The van der Waals surface area contributed by atoms with Gasteiger partial charge in [0.1, 0.15) is 24.0 Å². The van der Waals surface area contributed by atoms with Gasteiger partial charge in [-0.05, 0) is 43.3 Å². The van der Waals surface area contributed by atoms with Crippen molar-refractivity contribution in [3.05, 3.63) is 63.6 Å². The van der Waals surface area contributed by atoms with Crippen LogP contribution in [-0.4, -0.2) is 0 Å². The van der Waals surface area contributed by atoms with Gasteiger partial charge in [-0.15, -0.1) is 0 Å². The van der Waals surface area contributed by atoms with E-state index < -0.39 is 11.6 Å². The molecule has 0 aliphatic heterocycles. The summed E-state index contributed by atoms with van der Waals surface area (Å²) in [5.74, 6) is -0.425. The highest BCUT2D eigenvalue weighted by Gasteiger charge is 2.11. The number of ether oxygens (including phenoxy) is 1. The molecule has 1 atom stereocenters. The predicted octanol–water partition coefficient (Wildman–Crippen LogP) is 4.33. The van der Waals surface area contributed by atoms with Crippen LogP contribution in [0.4, 0.5) is 8.78 Å². The minimum absolute atomic E-state index is 0.0506. The van der Waals surface area contributed by atoms with Crippen molar-refractivity contribution in [1.29, 1.82) is 0 Å². The van der Waals surface area contributed by atoms with Crippen molar-refractivity contribution in [2.75, 3.05) is 0 Å². The molecule has 0 aromatic heterocycles. The van der Waals surface area contributed by atoms with Gasteiger partial charge in [-0.2, -0.15) is 0 Å². The molecule has 0 amide bonds. The van der Waals surface area contributed by atoms with Crippen LogP contribution in [0.1, 0.15) is 24.1 Å². The number of hydrogen-bond acceptors (Lipinski definition) is 2. The van der Waals surface area contributed by atoms with Crippen LogP contribution in [0.2, 0.25) is 0 Å². The lowest BCUT2D eigenvalue weighted by Crippen LogP contribution is -2.08. The van der Waals surface area contributed by atoms with Crippen molar-refractivity contribution in [3.8, 4) is 5.75 Å². The van der Waals surface area contributed by atoms with Gasteiger partial charge < -0.3 is 10.5 Å². The molecular formula is C15H14BrF2NO. The van der Waals surface area contributed by atoms with Crippen molar-refractivity contribution in [1.82, 2.24) is 0 Å². The molecular weight excluding hydrogens is 328 g/mol. The number of nitrogens with two attached hydrogens (primary N) is 1. The Labute approximate surface area is 124 Å². The molecule has 0 saturated heterocycles. The maximum Gasteiger partial charge on any atom is 0.130 e. The zero-order valence-electron chi connectivity index (χ0n) is 10.9. The third kappa shape index (κ3) is 3.55. The van der Waals surface area contributed by atoms with Gasteiger partial charge in [0.25, 0.3) is 0 Å². The summed E-state index contributed by atoms with van der Waals surface area (Å²) in [7, 11) is 0. The van der Waals surface area contributed by atoms with Gasteiger partial charge in [0, 0.05) is 21.6 Å². The van der Waals surface area contributed by atoms with Crippen LogP contribution in [0.15, 0.2) is 40.9 Å². The highest BCUT2D eigenvalue weighted by atomic mass is 79.9. The van der Waals surface area contributed by atoms with Crippen molar-refractivity contribution in [2.24, 2.45) is 5.73 Å². The van der Waals surface area contributed by atoms with Gasteiger partial charge in [0.2, 0.25) is 0 Å². The van der Waals surface area contributed by atoms with Gasteiger partial charge >= 0.3 is 0 Å². The Morgan fingerprint density at radius 3 is 2.65 bits per heavy atom. The van der Waals surface area contributed by atoms with Crippen LogP contribution in [0.3, 0.4) is 0 Å². The van der Waals surface area contributed by atoms with Gasteiger partial charge in [-0.3, -0.25) is 0 Å². The summed E-state index contributed by atoms with van der Waals surface area (Å²) >= 11 is 3.36. The standard InChI is InChI=1S/C15H14BrF2NO/c1-9(19)13-7-11(16)2-5-15(13)20-8-10-6-12(17)3-4-14(10)18/h2-7,9H,8,19H2,1H3. The van der Waals surface area contributed by atoms with Crippen molar-refractivity contribution >= 4 is 15.9 Å². The van der Waals surface area contributed by atoms with E-state index >= 15 is 0 Å². The summed E-state index contributed by atoms with van der Waals surface area (Å²) in [5, 5.41) is 0. The van der Waals surface area contributed by atoms with Gasteiger partial charge in [0.15, 0.2) is 0 Å². The Balaban J connectivity index is 2.20. The van der Waals surface area contributed by atoms with E-state index in [2.05, 4.69) is 15.9 Å². The van der Waals surface area contributed by atoms with Crippen LogP contribution < -0.4 is 10.5 Å². The average Bonchev–Trinajstić information content (AvgIpc) is 2.40. The third-order valence-corrected chi connectivity index (χ3v) is 3.35. The molecule has 0 aliphatic carbocycles. The number of halogens is 3. The molecule has 2 nitrogen and oxygen atoms in total. The third-order valence-electron chi connectivity index (χ3n) is 2.85. The molecule has 2 aromatic rings. The molecule has 0 saturated carbocycles. The molecule has 0 radical (unpaired) electrons. The largest absolute Gasteiger partial charge is 0.488 e. The SMILES string of the molecule is CC(N)c1cc(Br)ccc1OCc1cc(F)ccc1F. The van der Waals surface area contributed by atoms with E-state index in [0.717, 1.165) is 28.2 Å². The van der Waals surface area contributed by atoms with Crippen LogP contribution >= 0.6 is 15.9 Å². The normalized spacial score (nSPS) is 12.2. The first-order valence-corrected chi connectivity index (χ1v) is 6.88. The molecule has 0 aliphatic rings. The molecule has 0 bridgehead atoms. The van der Waals surface area contributed by atoms with E-state index in [1.807, 2.05) is 19.1 Å². The van der Waals surface area contributed by atoms with E-state index in [1.165, 1.54) is 0 Å². The molecule has 2 rings (SSSR count). The molecule has 2 aromatic carbocycles. The van der Waals surface area contributed by atoms with Crippen LogP contribution in [0, 0.1) is 11.6 Å². The van der Waals surface area contributed by atoms with E-state index in [-0.39, 0.29) is 18.2 Å². The zero-order chi connectivity index (χ0) is 14.7. The first-order valence-electron chi connectivity index (χ1n) is 6.09. The molecule has 20 heavy (non-hydrogen) atoms. The maximum absolute atomic E-state index is 13.5. The lowest BCUT2D eigenvalue weighted by molar-refractivity contribution is 0.294. The summed E-state index contributed by atoms with van der Waals surface area (Å²) in [6, 6.07) is 8.47. The molecule has 1 unspecified atom stereocenters. The first-order chi connectivity index (χ1) is 9.47. The fraction of sp³-hybridized carbons (Fsp3) is 0.200. The summed E-state index contributed by atoms with van der Waals surface area (Å²) in [6.45, 7) is 1.78. The van der Waals surface area contributed by atoms with Crippen molar-refractivity contribution in [3.63, 3.8) is 0 Å². The van der Waals surface area contributed by atoms with Crippen LogP contribution in [0.5, 0.6) is 5.75 Å². The number of hydrogen-bond donors (Lipinski definition) is 1. The molecule has 0 heterocycles. The Morgan fingerprint density at radius 2 is 1.95 bits per heavy atom. The maximum atomic E-state index is 13.5. The second kappa shape index (κ2) is 6.33. The predicted molar refractivity (Wildman–Crippen MR) is 77.4 cm³/mol. The lowest BCUT2D eigenvalue weighted by Gasteiger charge is -2.15. The van der Waals surface area contributed by atoms with E-state index in [0.29, 0.717) is 5.75 Å². The fourth-order valence-electron chi connectivity index (χ4n) is 1.82. The monoisotopic (exact) mass is 341 g/mol. The second-order valence-corrected chi connectivity index (χ2v) is 5.41. The molecule has 2 N–H and O–H groups in total. The minimum Gasteiger partial charge on any atom is -0.488 e. The fourth-order valence-corrected chi connectivity index (χ4v) is 2.19.